The number of anilines is 6. The molecule has 0 aliphatic rings. The van der Waals surface area contributed by atoms with Gasteiger partial charge in [0.15, 0.2) is 0 Å². The third-order valence-electron chi connectivity index (χ3n) is 16.2. The van der Waals surface area contributed by atoms with Crippen LogP contribution in [0.3, 0.4) is 0 Å². The van der Waals surface area contributed by atoms with Gasteiger partial charge < -0.3 is 14.2 Å². The molecule has 0 spiro atoms. The van der Waals surface area contributed by atoms with Crippen molar-refractivity contribution in [2.24, 2.45) is 0 Å². The second kappa shape index (κ2) is 22.5. The molecule has 0 aliphatic carbocycles. The molecule has 3 nitrogen and oxygen atoms in total. The highest BCUT2D eigenvalue weighted by molar-refractivity contribution is 6.14. The summed E-state index contributed by atoms with van der Waals surface area (Å²) in [6, 6.07) is 115. The third kappa shape index (κ3) is 9.95. The maximum atomic E-state index is 7.17. The Hall–Kier alpha value is -11.0. The maximum absolute atomic E-state index is 7.17. The van der Waals surface area contributed by atoms with Crippen molar-refractivity contribution in [3.63, 3.8) is 0 Å². The zero-order valence-corrected chi connectivity index (χ0v) is 46.6. The lowest BCUT2D eigenvalue weighted by Gasteiger charge is -2.31. The molecule has 1 aromatic heterocycles. The second-order valence-corrected chi connectivity index (χ2v) is 21.3. The van der Waals surface area contributed by atoms with Crippen molar-refractivity contribution in [3.8, 4) is 66.8 Å². The van der Waals surface area contributed by atoms with Crippen LogP contribution in [0.25, 0.3) is 94.3 Å². The van der Waals surface area contributed by atoms with E-state index in [1.54, 1.807) is 0 Å². The minimum Gasteiger partial charge on any atom is -0.455 e. The number of aryl methyl sites for hydroxylation is 1. The molecular formula is C81H58N2O. The van der Waals surface area contributed by atoms with E-state index < -0.39 is 0 Å². The van der Waals surface area contributed by atoms with Gasteiger partial charge in [-0.25, -0.2) is 0 Å². The highest BCUT2D eigenvalue weighted by Gasteiger charge is 2.25. The molecule has 0 unspecified atom stereocenters. The topological polar surface area (TPSA) is 19.6 Å². The molecule has 3 heteroatoms. The van der Waals surface area contributed by atoms with E-state index in [-0.39, 0.29) is 0 Å². The number of rotatable bonds is 14. The summed E-state index contributed by atoms with van der Waals surface area (Å²) in [5.74, 6) is 0. The highest BCUT2D eigenvalue weighted by atomic mass is 16.3. The number of nitrogens with zero attached hydrogens (tertiary/aromatic N) is 2. The molecule has 13 aromatic carbocycles. The first-order chi connectivity index (χ1) is 41.5. The summed E-state index contributed by atoms with van der Waals surface area (Å²) in [7, 11) is 0. The van der Waals surface area contributed by atoms with Gasteiger partial charge in [0.05, 0.1) is 0 Å². The fraction of sp³-hybridized carbons (Fsp3) is 0.0123. The summed E-state index contributed by atoms with van der Waals surface area (Å²) in [4.78, 5) is 4.80. The molecule has 398 valence electrons. The summed E-state index contributed by atoms with van der Waals surface area (Å²) >= 11 is 0. The predicted molar refractivity (Wildman–Crippen MR) is 355 cm³/mol. The molecule has 0 radical (unpaired) electrons. The molecule has 1 heterocycles. The Morgan fingerprint density at radius 2 is 0.655 bits per heavy atom. The summed E-state index contributed by atoms with van der Waals surface area (Å²) in [6.45, 7) is 6.97. The number of hydrogen-bond donors (Lipinski definition) is 0. The minimum atomic E-state index is 0.830. The van der Waals surface area contributed by atoms with Crippen LogP contribution < -0.4 is 9.80 Å². The highest BCUT2D eigenvalue weighted by Crippen LogP contribution is 2.49. The van der Waals surface area contributed by atoms with Crippen LogP contribution in [-0.2, 0) is 0 Å². The zero-order valence-electron chi connectivity index (χ0n) is 46.6. The van der Waals surface area contributed by atoms with Crippen molar-refractivity contribution < 1.29 is 4.42 Å². The van der Waals surface area contributed by atoms with E-state index in [9.17, 15) is 0 Å². The summed E-state index contributed by atoms with van der Waals surface area (Å²) in [5, 5.41) is 2.15. The standard InChI is InChI=1S/C81H58N2O/c1-56(58-22-8-3-9-23-58)74-32-18-19-33-75(74)77-55-78(81-80(57(77)2)76-34-20-21-35-79(76)84-81)67-52-72(82(68-44-36-63(37-45-68)59-24-10-4-11-25-59)69-46-38-64(39-47-69)60-26-12-5-13-27-60)54-73(53-67)83(70-48-40-65(41-49-70)61-28-14-6-15-29-61)71-50-42-66(43-51-71)62-30-16-7-17-31-62/h3-55H,1H2,2H3. The van der Waals surface area contributed by atoms with E-state index in [4.69, 9.17) is 11.0 Å². The van der Waals surface area contributed by atoms with Crippen LogP contribution in [0, 0.1) is 6.92 Å². The Morgan fingerprint density at radius 3 is 1.08 bits per heavy atom. The van der Waals surface area contributed by atoms with Gasteiger partial charge in [-0.2, -0.15) is 0 Å². The maximum Gasteiger partial charge on any atom is 0.143 e. The van der Waals surface area contributed by atoms with Crippen LogP contribution in [0.15, 0.2) is 333 Å². The molecule has 0 saturated carbocycles. The van der Waals surface area contributed by atoms with E-state index >= 15 is 0 Å². The lowest BCUT2D eigenvalue weighted by atomic mass is 9.86. The fourth-order valence-electron chi connectivity index (χ4n) is 12.0. The molecule has 84 heavy (non-hydrogen) atoms. The molecule has 0 fully saturated rings. The van der Waals surface area contributed by atoms with E-state index in [0.717, 1.165) is 123 Å². The smallest absolute Gasteiger partial charge is 0.143 e. The zero-order chi connectivity index (χ0) is 56.3. The SMILES string of the molecule is C=C(c1ccccc1)c1ccccc1-c1cc(-c2cc(N(c3ccc(-c4ccccc4)cc3)c3ccc(-c4ccccc4)cc3)cc(N(c3ccc(-c4ccccc4)cc3)c3ccc(-c4ccccc4)cc3)c2)c2oc3ccccc3c2c1C. The van der Waals surface area contributed by atoms with E-state index in [1.807, 2.05) is 0 Å². The van der Waals surface area contributed by atoms with Crippen LogP contribution in [-0.4, -0.2) is 0 Å². The van der Waals surface area contributed by atoms with Gasteiger partial charge in [0.25, 0.3) is 0 Å². The van der Waals surface area contributed by atoms with Crippen molar-refractivity contribution in [2.45, 2.75) is 6.92 Å². The third-order valence-corrected chi connectivity index (χ3v) is 16.2. The number of hydrogen-bond acceptors (Lipinski definition) is 3. The van der Waals surface area contributed by atoms with Crippen LogP contribution in [0.1, 0.15) is 16.7 Å². The largest absolute Gasteiger partial charge is 0.455 e. The molecule has 0 amide bonds. The predicted octanol–water partition coefficient (Wildman–Crippen LogP) is 22.9. The fourth-order valence-corrected chi connectivity index (χ4v) is 12.0. The van der Waals surface area contributed by atoms with Crippen molar-refractivity contribution in [2.75, 3.05) is 9.80 Å². The summed E-state index contributed by atoms with van der Waals surface area (Å²) in [6.07, 6.45) is 0. The van der Waals surface area contributed by atoms with Crippen molar-refractivity contribution >= 4 is 61.6 Å². The number of para-hydroxylation sites is 1. The molecule has 0 aliphatic heterocycles. The van der Waals surface area contributed by atoms with Gasteiger partial charge in [-0.05, 0) is 169 Å². The van der Waals surface area contributed by atoms with E-state index in [0.29, 0.717) is 0 Å². The number of furan rings is 1. The lowest BCUT2D eigenvalue weighted by molar-refractivity contribution is 0.670. The van der Waals surface area contributed by atoms with Gasteiger partial charge in [0.2, 0.25) is 0 Å². The minimum absolute atomic E-state index is 0.830. The first-order valence-electron chi connectivity index (χ1n) is 28.7. The van der Waals surface area contributed by atoms with Crippen molar-refractivity contribution in [3.05, 3.63) is 345 Å². The van der Waals surface area contributed by atoms with Gasteiger partial charge in [-0.3, -0.25) is 0 Å². The first-order valence-corrected chi connectivity index (χ1v) is 28.7. The van der Waals surface area contributed by atoms with Gasteiger partial charge in [0.1, 0.15) is 11.2 Å². The van der Waals surface area contributed by atoms with Crippen LogP contribution >= 0.6 is 0 Å². The van der Waals surface area contributed by atoms with E-state index in [1.165, 1.54) is 22.3 Å². The van der Waals surface area contributed by atoms with Gasteiger partial charge in [-0.1, -0.05) is 249 Å². The molecule has 0 saturated heterocycles. The summed E-state index contributed by atoms with van der Waals surface area (Å²) < 4.78 is 7.17. The molecule has 0 bridgehead atoms. The average molecular weight is 1080 g/mol. The van der Waals surface area contributed by atoms with Gasteiger partial charge in [0, 0.05) is 50.5 Å². The Kier molecular flexibility index (Phi) is 13.7. The van der Waals surface area contributed by atoms with Crippen LogP contribution in [0.2, 0.25) is 0 Å². The lowest BCUT2D eigenvalue weighted by Crippen LogP contribution is -2.14. The van der Waals surface area contributed by atoms with E-state index in [2.05, 4.69) is 338 Å². The number of benzene rings is 13. The summed E-state index contributed by atoms with van der Waals surface area (Å²) in [5.41, 5.74) is 25.4. The van der Waals surface area contributed by atoms with Crippen molar-refractivity contribution in [1.82, 2.24) is 0 Å². The van der Waals surface area contributed by atoms with Crippen LogP contribution in [0.4, 0.5) is 34.1 Å². The second-order valence-electron chi connectivity index (χ2n) is 21.3. The Bertz CT molecular complexity index is 4260. The van der Waals surface area contributed by atoms with Crippen LogP contribution in [0.5, 0.6) is 0 Å². The first kappa shape index (κ1) is 51.2. The monoisotopic (exact) mass is 1070 g/mol. The normalized spacial score (nSPS) is 11.2. The quantitative estimate of drug-likeness (QED) is 0.108. The Balaban J connectivity index is 1.04. The molecule has 14 aromatic rings. The Labute approximate surface area is 491 Å². The molecule has 14 rings (SSSR count). The molecule has 0 N–H and O–H groups in total. The molecular weight excluding hydrogens is 1020 g/mol. The molecule has 0 atom stereocenters. The Morgan fingerprint density at radius 1 is 0.298 bits per heavy atom. The number of fused-ring (bicyclic) bond motifs is 3. The average Bonchev–Trinajstić information content (AvgIpc) is 3.96. The van der Waals surface area contributed by atoms with Gasteiger partial charge >= 0.3 is 0 Å². The van der Waals surface area contributed by atoms with Gasteiger partial charge in [-0.15, -0.1) is 0 Å². The van der Waals surface area contributed by atoms with Crippen molar-refractivity contribution in [1.29, 1.82) is 0 Å².